The fraction of sp³-hybridized carbons (Fsp3) is 0. The van der Waals surface area contributed by atoms with Crippen molar-refractivity contribution >= 4 is 6.41 Å². The average molecular weight is 111 g/mol. The number of rotatable bonds is 1. The van der Waals surface area contributed by atoms with Crippen molar-refractivity contribution in [2.24, 2.45) is 0 Å². The number of hydrogen-bond acceptors (Lipinski definition) is 2. The van der Waals surface area contributed by atoms with E-state index in [1.54, 1.807) is 6.07 Å². The molecule has 0 spiro atoms. The van der Waals surface area contributed by atoms with E-state index in [4.69, 9.17) is 5.11 Å². The molecule has 1 N–H and O–H groups in total. The van der Waals surface area contributed by atoms with Crippen LogP contribution in [-0.4, -0.2) is 16.1 Å². The fourth-order valence-corrected chi connectivity index (χ4v) is 0.473. The fourth-order valence-electron chi connectivity index (χ4n) is 0.473. The quantitative estimate of drug-likeness (QED) is 0.527. The van der Waals surface area contributed by atoms with Gasteiger partial charge < -0.3 is 5.11 Å². The summed E-state index contributed by atoms with van der Waals surface area (Å²) in [5, 5.41) is 8.68. The predicted octanol–water partition coefficient (Wildman–Crippen LogP) is 0.232. The number of aromatic hydroxyl groups is 1. The van der Waals surface area contributed by atoms with Gasteiger partial charge in [-0.3, -0.25) is 9.36 Å². The molecule has 0 radical (unpaired) electrons. The Morgan fingerprint density at radius 2 is 2.50 bits per heavy atom. The highest BCUT2D eigenvalue weighted by Crippen LogP contribution is 2.04. The van der Waals surface area contributed by atoms with Crippen molar-refractivity contribution in [1.82, 2.24) is 4.57 Å². The molecular weight excluding hydrogens is 106 g/mol. The number of nitrogens with zero attached hydrogens (tertiary/aromatic N) is 1. The first-order valence-corrected chi connectivity index (χ1v) is 2.15. The van der Waals surface area contributed by atoms with Crippen molar-refractivity contribution in [2.75, 3.05) is 0 Å². The molecular formula is C5H5NO2. The summed E-state index contributed by atoms with van der Waals surface area (Å²) < 4.78 is 1.08. The Morgan fingerprint density at radius 3 is 2.75 bits per heavy atom. The van der Waals surface area contributed by atoms with Gasteiger partial charge in [-0.1, -0.05) is 0 Å². The van der Waals surface area contributed by atoms with Gasteiger partial charge >= 0.3 is 0 Å². The standard InChI is InChI=1S/C5H5NO2/c7-4-6-3-1-2-5(6)8/h1-4,8H. The van der Waals surface area contributed by atoms with Crippen molar-refractivity contribution in [3.8, 4) is 5.88 Å². The highest BCUT2D eigenvalue weighted by Gasteiger charge is 1.90. The van der Waals surface area contributed by atoms with Crippen LogP contribution in [-0.2, 0) is 4.79 Å². The molecule has 8 heavy (non-hydrogen) atoms. The highest BCUT2D eigenvalue weighted by molar-refractivity contribution is 5.55. The van der Waals surface area contributed by atoms with E-state index in [9.17, 15) is 4.79 Å². The summed E-state index contributed by atoms with van der Waals surface area (Å²) in [6.45, 7) is 0. The Kier molecular flexibility index (Phi) is 1.04. The second-order valence-electron chi connectivity index (χ2n) is 1.38. The molecule has 1 heterocycles. The zero-order valence-electron chi connectivity index (χ0n) is 4.11. The maximum absolute atomic E-state index is 9.89. The Labute approximate surface area is 46.2 Å². The van der Waals surface area contributed by atoms with E-state index >= 15 is 0 Å². The lowest BCUT2D eigenvalue weighted by atomic mass is 10.7. The monoisotopic (exact) mass is 111 g/mol. The summed E-state index contributed by atoms with van der Waals surface area (Å²) in [6, 6.07) is 3.03. The van der Waals surface area contributed by atoms with Crippen LogP contribution in [0.25, 0.3) is 0 Å². The van der Waals surface area contributed by atoms with Gasteiger partial charge in [-0.05, 0) is 6.07 Å². The summed E-state index contributed by atoms with van der Waals surface area (Å²) in [4.78, 5) is 9.89. The van der Waals surface area contributed by atoms with Crippen molar-refractivity contribution in [1.29, 1.82) is 0 Å². The molecule has 1 rings (SSSR count). The third-order valence-corrected chi connectivity index (χ3v) is 0.870. The lowest BCUT2D eigenvalue weighted by molar-refractivity contribution is 0.440. The first-order chi connectivity index (χ1) is 3.84. The molecule has 0 atom stereocenters. The molecule has 3 nitrogen and oxygen atoms in total. The van der Waals surface area contributed by atoms with Gasteiger partial charge in [-0.15, -0.1) is 0 Å². The van der Waals surface area contributed by atoms with Crippen molar-refractivity contribution in [3.63, 3.8) is 0 Å². The van der Waals surface area contributed by atoms with E-state index in [0.717, 1.165) is 4.57 Å². The zero-order chi connectivity index (χ0) is 5.98. The molecule has 0 amide bonds. The van der Waals surface area contributed by atoms with Crippen LogP contribution >= 0.6 is 0 Å². The summed E-state index contributed by atoms with van der Waals surface area (Å²) >= 11 is 0. The molecule has 0 saturated carbocycles. The normalized spacial score (nSPS) is 9.00. The van der Waals surface area contributed by atoms with E-state index in [1.165, 1.54) is 12.3 Å². The van der Waals surface area contributed by atoms with E-state index in [0.29, 0.717) is 6.41 Å². The Morgan fingerprint density at radius 1 is 1.75 bits per heavy atom. The summed E-state index contributed by atoms with van der Waals surface area (Å²) in [5.74, 6) is -0.0278. The van der Waals surface area contributed by atoms with E-state index in [2.05, 4.69) is 0 Å². The second-order valence-corrected chi connectivity index (χ2v) is 1.38. The zero-order valence-corrected chi connectivity index (χ0v) is 4.11. The number of hydrogen-bond donors (Lipinski definition) is 1. The molecule has 0 aromatic carbocycles. The van der Waals surface area contributed by atoms with Crippen LogP contribution in [0.1, 0.15) is 0 Å². The Balaban J connectivity index is 3.09. The molecule has 0 aliphatic heterocycles. The van der Waals surface area contributed by atoms with E-state index in [1.807, 2.05) is 0 Å². The average Bonchev–Trinajstić information content (AvgIpc) is 2.14. The number of carbonyl (C=O) groups excluding carboxylic acids is 1. The summed E-state index contributed by atoms with van der Waals surface area (Å²) in [6.07, 6.45) is 2.01. The van der Waals surface area contributed by atoms with Crippen LogP contribution in [0.3, 0.4) is 0 Å². The van der Waals surface area contributed by atoms with Crippen LogP contribution in [0.5, 0.6) is 5.88 Å². The molecule has 0 unspecified atom stereocenters. The third kappa shape index (κ3) is 0.578. The second kappa shape index (κ2) is 1.69. The van der Waals surface area contributed by atoms with Gasteiger partial charge in [0.2, 0.25) is 6.41 Å². The smallest absolute Gasteiger partial charge is 0.220 e. The first kappa shape index (κ1) is 4.90. The van der Waals surface area contributed by atoms with Crippen molar-refractivity contribution in [3.05, 3.63) is 18.3 Å². The molecule has 0 bridgehead atoms. The molecule has 3 heteroatoms. The van der Waals surface area contributed by atoms with Gasteiger partial charge in [0.05, 0.1) is 0 Å². The van der Waals surface area contributed by atoms with Gasteiger partial charge in [-0.25, -0.2) is 0 Å². The summed E-state index contributed by atoms with van der Waals surface area (Å²) in [5.41, 5.74) is 0. The van der Waals surface area contributed by atoms with Gasteiger partial charge in [-0.2, -0.15) is 0 Å². The van der Waals surface area contributed by atoms with Crippen molar-refractivity contribution in [2.45, 2.75) is 0 Å². The van der Waals surface area contributed by atoms with Gasteiger partial charge in [0.1, 0.15) is 0 Å². The minimum atomic E-state index is -0.0278. The molecule has 42 valence electrons. The minimum Gasteiger partial charge on any atom is -0.494 e. The SMILES string of the molecule is O=Cn1cccc1O. The molecule has 0 aliphatic carbocycles. The topological polar surface area (TPSA) is 42.2 Å². The van der Waals surface area contributed by atoms with Gasteiger partial charge in [0, 0.05) is 12.3 Å². The highest BCUT2D eigenvalue weighted by atomic mass is 16.3. The van der Waals surface area contributed by atoms with E-state index < -0.39 is 0 Å². The molecule has 1 aromatic rings. The first-order valence-electron chi connectivity index (χ1n) is 2.15. The largest absolute Gasteiger partial charge is 0.494 e. The number of carbonyl (C=O) groups is 1. The van der Waals surface area contributed by atoms with Gasteiger partial charge in [0.25, 0.3) is 0 Å². The van der Waals surface area contributed by atoms with Crippen LogP contribution in [0.4, 0.5) is 0 Å². The maximum Gasteiger partial charge on any atom is 0.220 e. The van der Waals surface area contributed by atoms with Crippen LogP contribution in [0.2, 0.25) is 0 Å². The minimum absolute atomic E-state index is 0.0278. The lowest BCUT2D eigenvalue weighted by Gasteiger charge is -1.86. The summed E-state index contributed by atoms with van der Waals surface area (Å²) in [7, 11) is 0. The molecule has 0 saturated heterocycles. The predicted molar refractivity (Wildman–Crippen MR) is 28.2 cm³/mol. The van der Waals surface area contributed by atoms with Crippen LogP contribution in [0, 0.1) is 0 Å². The van der Waals surface area contributed by atoms with Crippen molar-refractivity contribution < 1.29 is 9.90 Å². The third-order valence-electron chi connectivity index (χ3n) is 0.870. The molecule has 0 aliphatic rings. The number of aromatic nitrogens is 1. The maximum atomic E-state index is 9.89. The Hall–Kier alpha value is -1.25. The van der Waals surface area contributed by atoms with Crippen LogP contribution in [0.15, 0.2) is 18.3 Å². The molecule has 1 aromatic heterocycles. The Bertz CT molecular complexity index is 192. The van der Waals surface area contributed by atoms with Gasteiger partial charge in [0.15, 0.2) is 5.88 Å². The lowest BCUT2D eigenvalue weighted by Crippen LogP contribution is -1.88. The van der Waals surface area contributed by atoms with E-state index in [-0.39, 0.29) is 5.88 Å². The molecule has 0 fully saturated rings. The van der Waals surface area contributed by atoms with Crippen LogP contribution < -0.4 is 0 Å².